The minimum Gasteiger partial charge on any atom is -0.489 e. The molecule has 0 saturated carbocycles. The summed E-state index contributed by atoms with van der Waals surface area (Å²) >= 11 is 0. The highest BCUT2D eigenvalue weighted by molar-refractivity contribution is 5.39. The summed E-state index contributed by atoms with van der Waals surface area (Å²) in [7, 11) is 0. The molecule has 0 bridgehead atoms. The van der Waals surface area contributed by atoms with Gasteiger partial charge in [-0.3, -0.25) is 0 Å². The van der Waals surface area contributed by atoms with E-state index in [1.165, 1.54) is 18.2 Å². The van der Waals surface area contributed by atoms with E-state index in [1.54, 1.807) is 12.1 Å². The molecule has 3 aromatic rings. The zero-order valence-corrected chi connectivity index (χ0v) is 17.3. The third kappa shape index (κ3) is 6.76. The maximum absolute atomic E-state index is 14.1. The second-order valence-electron chi connectivity index (χ2n) is 7.40. The summed E-state index contributed by atoms with van der Waals surface area (Å²) in [6.07, 6.45) is 2.13. The molecule has 0 atom stereocenters. The van der Waals surface area contributed by atoms with Crippen LogP contribution in [0.15, 0.2) is 54.6 Å². The monoisotopic (exact) mass is 430 g/mol. The Hall–Kier alpha value is -2.99. The molecule has 0 radical (unpaired) electrons. The van der Waals surface area contributed by atoms with Crippen molar-refractivity contribution in [3.63, 3.8) is 0 Å². The number of aryl methyl sites for hydroxylation is 2. The van der Waals surface area contributed by atoms with Gasteiger partial charge in [-0.15, -0.1) is 0 Å². The summed E-state index contributed by atoms with van der Waals surface area (Å²) < 4.78 is 52.6. The summed E-state index contributed by atoms with van der Waals surface area (Å²) in [5.74, 6) is -0.695. The maximum atomic E-state index is 14.1. The lowest BCUT2D eigenvalue weighted by Crippen LogP contribution is -2.02. The van der Waals surface area contributed by atoms with Gasteiger partial charge in [-0.25, -0.2) is 13.2 Å². The van der Waals surface area contributed by atoms with E-state index in [2.05, 4.69) is 0 Å². The first kappa shape index (κ1) is 22.7. The fourth-order valence-corrected chi connectivity index (χ4v) is 3.11. The normalized spacial score (nSPS) is 10.9. The van der Waals surface area contributed by atoms with Crippen LogP contribution in [0, 0.1) is 24.4 Å². The van der Waals surface area contributed by atoms with Crippen molar-refractivity contribution >= 4 is 0 Å². The molecule has 0 unspecified atom stereocenters. The van der Waals surface area contributed by atoms with Crippen LogP contribution in [-0.4, -0.2) is 11.7 Å². The molecule has 3 nitrogen and oxygen atoms in total. The molecule has 0 aliphatic heterocycles. The Morgan fingerprint density at radius 3 is 1.94 bits per heavy atom. The van der Waals surface area contributed by atoms with Crippen LogP contribution in [0.4, 0.5) is 13.2 Å². The molecular weight excluding hydrogens is 405 g/mol. The van der Waals surface area contributed by atoms with Gasteiger partial charge in [0.25, 0.3) is 0 Å². The SMILES string of the molecule is Cc1ccc(COc2cc(CCCCO)cc(OCc3ccc(F)cc3F)c2)c(F)c1. The van der Waals surface area contributed by atoms with Crippen LogP contribution >= 0.6 is 0 Å². The van der Waals surface area contributed by atoms with Crippen molar-refractivity contribution in [3.05, 3.63) is 94.3 Å². The van der Waals surface area contributed by atoms with Crippen LogP contribution in [-0.2, 0) is 19.6 Å². The second kappa shape index (κ2) is 10.9. The van der Waals surface area contributed by atoms with Crippen LogP contribution in [0.2, 0.25) is 0 Å². The Kier molecular flexibility index (Phi) is 7.95. The summed E-state index contributed by atoms with van der Waals surface area (Å²) in [6, 6.07) is 13.6. The standard InChI is InChI=1S/C25H25F3O3/c1-17-5-6-19(24(27)10-17)15-30-22-11-18(4-2-3-9-29)12-23(14-22)31-16-20-7-8-21(26)13-25(20)28/h5-8,10-14,29H,2-4,9,15-16H2,1H3. The first-order valence-corrected chi connectivity index (χ1v) is 10.1. The van der Waals surface area contributed by atoms with Gasteiger partial charge in [-0.2, -0.15) is 0 Å². The summed E-state index contributed by atoms with van der Waals surface area (Å²) in [5.41, 5.74) is 2.42. The second-order valence-corrected chi connectivity index (χ2v) is 7.40. The number of aliphatic hydroxyl groups is 1. The van der Waals surface area contributed by atoms with E-state index in [4.69, 9.17) is 14.6 Å². The topological polar surface area (TPSA) is 38.7 Å². The fourth-order valence-electron chi connectivity index (χ4n) is 3.11. The molecular formula is C25H25F3O3. The van der Waals surface area contributed by atoms with E-state index < -0.39 is 11.6 Å². The van der Waals surface area contributed by atoms with Crippen molar-refractivity contribution in [2.45, 2.75) is 39.4 Å². The summed E-state index contributed by atoms with van der Waals surface area (Å²) in [6.45, 7) is 1.91. The minimum absolute atomic E-state index is 0.0538. The molecule has 0 fully saturated rings. The van der Waals surface area contributed by atoms with Gasteiger partial charge in [0.2, 0.25) is 0 Å². The molecule has 6 heteroatoms. The number of rotatable bonds is 10. The van der Waals surface area contributed by atoms with Crippen molar-refractivity contribution in [1.82, 2.24) is 0 Å². The molecule has 0 spiro atoms. The highest BCUT2D eigenvalue weighted by atomic mass is 19.1. The maximum Gasteiger partial charge on any atom is 0.132 e. The molecule has 0 saturated heterocycles. The smallest absolute Gasteiger partial charge is 0.132 e. The Bertz CT molecular complexity index is 947. The average molecular weight is 430 g/mol. The van der Waals surface area contributed by atoms with Gasteiger partial charge in [-0.1, -0.05) is 12.1 Å². The number of halogens is 3. The Balaban J connectivity index is 1.74. The molecule has 0 aliphatic carbocycles. The lowest BCUT2D eigenvalue weighted by atomic mass is 10.1. The highest BCUT2D eigenvalue weighted by Crippen LogP contribution is 2.26. The van der Waals surface area contributed by atoms with E-state index in [0.29, 0.717) is 29.9 Å². The van der Waals surface area contributed by atoms with Crippen LogP contribution in [0.1, 0.15) is 35.1 Å². The van der Waals surface area contributed by atoms with Gasteiger partial charge in [0.1, 0.15) is 42.2 Å². The van der Waals surface area contributed by atoms with Crippen LogP contribution in [0.5, 0.6) is 11.5 Å². The number of aliphatic hydroxyl groups excluding tert-OH is 1. The lowest BCUT2D eigenvalue weighted by molar-refractivity contribution is 0.281. The zero-order valence-electron chi connectivity index (χ0n) is 17.3. The van der Waals surface area contributed by atoms with Gasteiger partial charge >= 0.3 is 0 Å². The van der Waals surface area contributed by atoms with Crippen molar-refractivity contribution < 1.29 is 27.8 Å². The Morgan fingerprint density at radius 1 is 0.742 bits per heavy atom. The number of benzene rings is 3. The average Bonchev–Trinajstić information content (AvgIpc) is 2.73. The molecule has 0 aliphatic rings. The van der Waals surface area contributed by atoms with E-state index >= 15 is 0 Å². The highest BCUT2D eigenvalue weighted by Gasteiger charge is 2.09. The quantitative estimate of drug-likeness (QED) is 0.408. The molecule has 0 heterocycles. The first-order valence-electron chi connectivity index (χ1n) is 10.1. The Labute approximate surface area is 180 Å². The number of hydrogen-bond acceptors (Lipinski definition) is 3. The predicted octanol–water partition coefficient (Wildman–Crippen LogP) is 5.89. The van der Waals surface area contributed by atoms with E-state index in [0.717, 1.165) is 23.6 Å². The van der Waals surface area contributed by atoms with E-state index in [-0.39, 0.29) is 31.2 Å². The van der Waals surface area contributed by atoms with Crippen LogP contribution < -0.4 is 9.47 Å². The van der Waals surface area contributed by atoms with Crippen molar-refractivity contribution in [2.75, 3.05) is 6.61 Å². The molecule has 0 aromatic heterocycles. The predicted molar refractivity (Wildman–Crippen MR) is 113 cm³/mol. The lowest BCUT2D eigenvalue weighted by Gasteiger charge is -2.13. The Morgan fingerprint density at radius 2 is 1.35 bits per heavy atom. The van der Waals surface area contributed by atoms with Crippen molar-refractivity contribution in [3.8, 4) is 11.5 Å². The minimum atomic E-state index is -0.676. The third-order valence-electron chi connectivity index (χ3n) is 4.83. The van der Waals surface area contributed by atoms with Crippen LogP contribution in [0.3, 0.4) is 0 Å². The number of unbranched alkanes of at least 4 members (excludes halogenated alkanes) is 1. The first-order chi connectivity index (χ1) is 14.9. The zero-order chi connectivity index (χ0) is 22.2. The van der Waals surface area contributed by atoms with Gasteiger partial charge in [-0.05, 0) is 67.6 Å². The molecule has 0 amide bonds. The third-order valence-corrected chi connectivity index (χ3v) is 4.83. The van der Waals surface area contributed by atoms with Crippen molar-refractivity contribution in [2.24, 2.45) is 0 Å². The van der Waals surface area contributed by atoms with Gasteiger partial charge < -0.3 is 14.6 Å². The largest absolute Gasteiger partial charge is 0.489 e. The number of hydrogen-bond donors (Lipinski definition) is 1. The molecule has 164 valence electrons. The molecule has 3 aromatic carbocycles. The van der Waals surface area contributed by atoms with Gasteiger partial charge in [0, 0.05) is 29.9 Å². The fraction of sp³-hybridized carbons (Fsp3) is 0.280. The molecule has 3 rings (SSSR count). The van der Waals surface area contributed by atoms with E-state index in [9.17, 15) is 13.2 Å². The van der Waals surface area contributed by atoms with E-state index in [1.807, 2.05) is 25.1 Å². The van der Waals surface area contributed by atoms with Crippen LogP contribution in [0.25, 0.3) is 0 Å². The van der Waals surface area contributed by atoms with Crippen molar-refractivity contribution in [1.29, 1.82) is 0 Å². The number of ether oxygens (including phenoxy) is 2. The molecule has 1 N–H and O–H groups in total. The molecule has 31 heavy (non-hydrogen) atoms. The summed E-state index contributed by atoms with van der Waals surface area (Å²) in [4.78, 5) is 0. The van der Waals surface area contributed by atoms with Gasteiger partial charge in [0.15, 0.2) is 0 Å². The van der Waals surface area contributed by atoms with Gasteiger partial charge in [0.05, 0.1) is 0 Å². The summed E-state index contributed by atoms with van der Waals surface area (Å²) in [5, 5.41) is 9.02.